The summed E-state index contributed by atoms with van der Waals surface area (Å²) in [6, 6.07) is 8.21. The van der Waals surface area contributed by atoms with Crippen molar-refractivity contribution in [2.24, 2.45) is 0 Å². The Morgan fingerprint density at radius 1 is 1.00 bits per heavy atom. The highest BCUT2D eigenvalue weighted by atomic mass is 19.2. The summed E-state index contributed by atoms with van der Waals surface area (Å²) in [6.45, 7) is 0. The van der Waals surface area contributed by atoms with E-state index < -0.39 is 23.4 Å². The van der Waals surface area contributed by atoms with Gasteiger partial charge in [-0.15, -0.1) is 0 Å². The van der Waals surface area contributed by atoms with E-state index in [1.54, 1.807) is 30.6 Å². The van der Waals surface area contributed by atoms with E-state index >= 15 is 4.39 Å². The van der Waals surface area contributed by atoms with Gasteiger partial charge in [0, 0.05) is 41.5 Å². The van der Waals surface area contributed by atoms with Crippen molar-refractivity contribution in [3.8, 4) is 28.4 Å². The number of halogens is 3. The zero-order valence-corrected chi connectivity index (χ0v) is 17.7. The Kier molecular flexibility index (Phi) is 5.28. The molecule has 0 aliphatic rings. The minimum atomic E-state index is -2.09. The average Bonchev–Trinajstić information content (AvgIpc) is 3.25. The second-order valence-electron chi connectivity index (χ2n) is 7.21. The van der Waals surface area contributed by atoms with Crippen LogP contribution in [0.15, 0.2) is 61.2 Å². The first-order valence-corrected chi connectivity index (χ1v) is 10.0. The maximum Gasteiger partial charge on any atom is 0.187 e. The van der Waals surface area contributed by atoms with Gasteiger partial charge in [0.2, 0.25) is 0 Å². The summed E-state index contributed by atoms with van der Waals surface area (Å²) in [5.74, 6) is -1.94. The van der Waals surface area contributed by atoms with Gasteiger partial charge in [-0.1, -0.05) is 12.1 Å². The molecule has 170 valence electrons. The third-order valence-electron chi connectivity index (χ3n) is 5.24. The molecule has 1 unspecified atom stereocenters. The maximum absolute atomic E-state index is 15.4. The third kappa shape index (κ3) is 3.47. The first kappa shape index (κ1) is 21.3. The molecule has 0 radical (unpaired) electrons. The zero-order valence-electron chi connectivity index (χ0n) is 17.7. The molecule has 0 fully saturated rings. The van der Waals surface area contributed by atoms with E-state index in [4.69, 9.17) is 10.5 Å². The predicted molar refractivity (Wildman–Crippen MR) is 118 cm³/mol. The van der Waals surface area contributed by atoms with Crippen molar-refractivity contribution >= 4 is 11.3 Å². The molecule has 0 aliphatic carbocycles. The van der Waals surface area contributed by atoms with Crippen LogP contribution in [0.2, 0.25) is 0 Å². The molecule has 4 aromatic heterocycles. The van der Waals surface area contributed by atoms with Crippen molar-refractivity contribution in [3.05, 3.63) is 84.2 Å². The molecule has 0 saturated heterocycles. The molecule has 4 heterocycles. The summed E-state index contributed by atoms with van der Waals surface area (Å²) in [6.07, 6.45) is 3.96. The summed E-state index contributed by atoms with van der Waals surface area (Å²) in [4.78, 5) is 17.1. The monoisotopic (exact) mass is 463 g/mol. The van der Waals surface area contributed by atoms with E-state index in [0.717, 1.165) is 12.1 Å². The molecule has 0 aliphatic heterocycles. The SMILES string of the molecule is COc1ccncc1-c1cnc(-c2nc(C(F)c3cccc(F)c3F)n3ncccc23)nc1N. The Morgan fingerprint density at radius 2 is 1.85 bits per heavy atom. The fourth-order valence-corrected chi connectivity index (χ4v) is 3.62. The van der Waals surface area contributed by atoms with Gasteiger partial charge in [-0.05, 0) is 24.3 Å². The number of hydrogen-bond donors (Lipinski definition) is 1. The highest BCUT2D eigenvalue weighted by Crippen LogP contribution is 2.35. The molecule has 8 nitrogen and oxygen atoms in total. The number of imidazole rings is 1. The molecular weight excluding hydrogens is 447 g/mol. The van der Waals surface area contributed by atoms with Crippen LogP contribution in [0.25, 0.3) is 28.2 Å². The molecule has 0 bridgehead atoms. The Morgan fingerprint density at radius 3 is 2.65 bits per heavy atom. The van der Waals surface area contributed by atoms with Crippen molar-refractivity contribution in [1.29, 1.82) is 0 Å². The van der Waals surface area contributed by atoms with Gasteiger partial charge in [-0.2, -0.15) is 5.10 Å². The van der Waals surface area contributed by atoms with Crippen LogP contribution in [0.4, 0.5) is 19.0 Å². The van der Waals surface area contributed by atoms with Gasteiger partial charge in [0.1, 0.15) is 17.3 Å². The minimum absolute atomic E-state index is 0.104. The number of fused-ring (bicyclic) bond motifs is 1. The van der Waals surface area contributed by atoms with Gasteiger partial charge in [0.25, 0.3) is 0 Å². The van der Waals surface area contributed by atoms with Gasteiger partial charge in [-0.3, -0.25) is 4.98 Å². The molecule has 0 spiro atoms. The van der Waals surface area contributed by atoms with Gasteiger partial charge in [0.05, 0.1) is 12.6 Å². The Balaban J connectivity index is 1.63. The maximum atomic E-state index is 15.4. The smallest absolute Gasteiger partial charge is 0.187 e. The highest BCUT2D eigenvalue weighted by molar-refractivity contribution is 5.80. The van der Waals surface area contributed by atoms with Crippen LogP contribution in [0.3, 0.4) is 0 Å². The molecule has 0 saturated carbocycles. The summed E-state index contributed by atoms with van der Waals surface area (Å²) >= 11 is 0. The van der Waals surface area contributed by atoms with Crippen LogP contribution in [-0.4, -0.2) is 36.7 Å². The average molecular weight is 463 g/mol. The summed E-state index contributed by atoms with van der Waals surface area (Å²) in [5.41, 5.74) is 7.33. The third-order valence-corrected chi connectivity index (χ3v) is 5.24. The van der Waals surface area contributed by atoms with Gasteiger partial charge in [-0.25, -0.2) is 32.6 Å². The van der Waals surface area contributed by atoms with Crippen molar-refractivity contribution in [2.75, 3.05) is 12.8 Å². The van der Waals surface area contributed by atoms with E-state index in [-0.39, 0.29) is 23.2 Å². The Labute approximate surface area is 190 Å². The molecule has 2 N–H and O–H groups in total. The van der Waals surface area contributed by atoms with Crippen molar-refractivity contribution < 1.29 is 17.9 Å². The largest absolute Gasteiger partial charge is 0.496 e. The topological polar surface area (TPSA) is 104 Å². The first-order valence-electron chi connectivity index (χ1n) is 10.0. The van der Waals surface area contributed by atoms with Crippen molar-refractivity contribution in [2.45, 2.75) is 6.17 Å². The number of anilines is 1. The number of ether oxygens (including phenoxy) is 1. The Hall–Kier alpha value is -4.54. The Bertz CT molecular complexity index is 1520. The molecule has 1 aromatic carbocycles. The number of nitrogens with zero attached hydrogens (tertiary/aromatic N) is 6. The molecule has 5 aromatic rings. The van der Waals surface area contributed by atoms with Crippen molar-refractivity contribution in [3.63, 3.8) is 0 Å². The predicted octanol–water partition coefficient (Wildman–Crippen LogP) is 4.18. The van der Waals surface area contributed by atoms with Crippen LogP contribution < -0.4 is 10.5 Å². The van der Waals surface area contributed by atoms with Gasteiger partial charge < -0.3 is 10.5 Å². The van der Waals surface area contributed by atoms with Crippen LogP contribution in [0.5, 0.6) is 5.75 Å². The summed E-state index contributed by atoms with van der Waals surface area (Å²) < 4.78 is 49.9. The highest BCUT2D eigenvalue weighted by Gasteiger charge is 2.27. The lowest BCUT2D eigenvalue weighted by Crippen LogP contribution is -2.06. The molecule has 1 atom stereocenters. The zero-order chi connectivity index (χ0) is 23.8. The molecule has 34 heavy (non-hydrogen) atoms. The number of nitrogens with two attached hydrogens (primary N) is 1. The second-order valence-corrected chi connectivity index (χ2v) is 7.21. The number of alkyl halides is 1. The van der Waals surface area contributed by atoms with E-state index in [0.29, 0.717) is 22.4 Å². The van der Waals surface area contributed by atoms with Crippen LogP contribution in [0, 0.1) is 11.6 Å². The van der Waals surface area contributed by atoms with E-state index in [1.807, 2.05) is 0 Å². The number of pyridine rings is 1. The summed E-state index contributed by atoms with van der Waals surface area (Å²) in [7, 11) is 1.52. The van der Waals surface area contributed by atoms with Crippen molar-refractivity contribution in [1.82, 2.24) is 29.5 Å². The van der Waals surface area contributed by atoms with E-state index in [1.165, 1.54) is 30.1 Å². The van der Waals surface area contributed by atoms with Crippen LogP contribution in [0.1, 0.15) is 17.6 Å². The molecule has 0 amide bonds. The number of rotatable bonds is 5. The molecular formula is C23H16F3N7O. The first-order chi connectivity index (χ1) is 16.5. The van der Waals surface area contributed by atoms with Crippen LogP contribution in [-0.2, 0) is 0 Å². The fourth-order valence-electron chi connectivity index (χ4n) is 3.62. The molecule has 11 heteroatoms. The number of aromatic nitrogens is 6. The van der Waals surface area contributed by atoms with Gasteiger partial charge in [0.15, 0.2) is 29.5 Å². The number of benzene rings is 1. The lowest BCUT2D eigenvalue weighted by molar-refractivity contribution is 0.359. The number of methoxy groups -OCH3 is 1. The summed E-state index contributed by atoms with van der Waals surface area (Å²) in [5, 5.41) is 4.12. The lowest BCUT2D eigenvalue weighted by atomic mass is 10.1. The molecule has 5 rings (SSSR count). The van der Waals surface area contributed by atoms with Gasteiger partial charge >= 0.3 is 0 Å². The minimum Gasteiger partial charge on any atom is -0.496 e. The normalized spacial score (nSPS) is 12.1. The second kappa shape index (κ2) is 8.43. The quantitative estimate of drug-likeness (QED) is 0.417. The number of hydrogen-bond acceptors (Lipinski definition) is 7. The fraction of sp³-hybridized carbons (Fsp3) is 0.0870. The standard InChI is InChI=1S/C23H16F3N7O/c1-34-17-7-9-28-10-13(17)14-11-29-22(32-21(14)27)20-16-6-3-8-30-33(16)23(31-20)19(26)12-4-2-5-15(24)18(12)25/h2-11,19H,1H3,(H2,27,29,32). The van der Waals surface area contributed by atoms with E-state index in [9.17, 15) is 8.78 Å². The van der Waals surface area contributed by atoms with E-state index in [2.05, 4.69) is 25.0 Å². The van der Waals surface area contributed by atoms with Crippen LogP contribution >= 0.6 is 0 Å². The number of nitrogen functional groups attached to an aromatic ring is 1. The lowest BCUT2D eigenvalue weighted by Gasteiger charge is -2.09.